The van der Waals surface area contributed by atoms with Crippen LogP contribution in [0, 0.1) is 18.7 Å². The number of anilines is 1. The molecule has 1 saturated heterocycles. The van der Waals surface area contributed by atoms with Crippen LogP contribution in [0.25, 0.3) is 5.69 Å². The molecule has 1 atom stereocenters. The fourth-order valence-electron chi connectivity index (χ4n) is 4.36. The van der Waals surface area contributed by atoms with Gasteiger partial charge in [-0.25, -0.2) is 9.07 Å². The normalized spacial score (nSPS) is 16.9. The smallest absolute Gasteiger partial charge is 0.224 e. The summed E-state index contributed by atoms with van der Waals surface area (Å²) >= 11 is 0. The highest BCUT2D eigenvalue weighted by Crippen LogP contribution is 2.25. The van der Waals surface area contributed by atoms with Gasteiger partial charge in [0.1, 0.15) is 5.82 Å². The van der Waals surface area contributed by atoms with Crippen molar-refractivity contribution in [1.82, 2.24) is 14.7 Å². The Morgan fingerprint density at radius 3 is 2.90 bits per heavy atom. The van der Waals surface area contributed by atoms with E-state index in [-0.39, 0.29) is 11.6 Å². The fourth-order valence-corrected chi connectivity index (χ4v) is 4.36. The van der Waals surface area contributed by atoms with Crippen molar-refractivity contribution < 1.29 is 9.18 Å². The minimum absolute atomic E-state index is 0.123. The lowest BCUT2D eigenvalue weighted by molar-refractivity contribution is -0.116. The Hall–Kier alpha value is -2.99. The highest BCUT2D eigenvalue weighted by molar-refractivity contribution is 5.90. The zero-order valence-corrected chi connectivity index (χ0v) is 17.9. The summed E-state index contributed by atoms with van der Waals surface area (Å²) in [5.74, 6) is -0.0502. The number of piperidine rings is 1. The van der Waals surface area contributed by atoms with Gasteiger partial charge in [-0.05, 0) is 68.5 Å². The van der Waals surface area contributed by atoms with E-state index in [4.69, 9.17) is 0 Å². The molecule has 4 rings (SSSR count). The first-order valence-electron chi connectivity index (χ1n) is 10.9. The van der Waals surface area contributed by atoms with Crippen LogP contribution >= 0.6 is 0 Å². The molecule has 0 saturated carbocycles. The first-order valence-corrected chi connectivity index (χ1v) is 10.9. The Kier molecular flexibility index (Phi) is 6.77. The summed E-state index contributed by atoms with van der Waals surface area (Å²) in [6.45, 7) is 5.02. The molecular weight excluding hydrogens is 391 g/mol. The summed E-state index contributed by atoms with van der Waals surface area (Å²) in [4.78, 5) is 14.8. The average molecular weight is 421 g/mol. The van der Waals surface area contributed by atoms with Crippen molar-refractivity contribution in [2.24, 2.45) is 5.92 Å². The molecule has 1 fully saturated rings. The van der Waals surface area contributed by atoms with Crippen LogP contribution in [0.15, 0.2) is 60.9 Å². The van der Waals surface area contributed by atoms with Crippen molar-refractivity contribution in [2.75, 3.05) is 18.4 Å². The SMILES string of the molecule is Cc1ccc(-n2cccn2)c(CN2CCCC(CCC(=O)Nc3ccccc3F)C2)c1. The zero-order valence-electron chi connectivity index (χ0n) is 17.9. The molecule has 0 bridgehead atoms. The van der Waals surface area contributed by atoms with E-state index in [9.17, 15) is 9.18 Å². The predicted molar refractivity (Wildman–Crippen MR) is 121 cm³/mol. The van der Waals surface area contributed by atoms with Crippen LogP contribution in [0.1, 0.15) is 36.8 Å². The van der Waals surface area contributed by atoms with Gasteiger partial charge in [0, 0.05) is 31.9 Å². The molecule has 1 aromatic heterocycles. The second kappa shape index (κ2) is 9.88. The first-order chi connectivity index (χ1) is 15.1. The van der Waals surface area contributed by atoms with Crippen molar-refractivity contribution in [3.63, 3.8) is 0 Å². The summed E-state index contributed by atoms with van der Waals surface area (Å²) in [6, 6.07) is 14.7. The molecule has 162 valence electrons. The summed E-state index contributed by atoms with van der Waals surface area (Å²) in [7, 11) is 0. The quantitative estimate of drug-likeness (QED) is 0.588. The van der Waals surface area contributed by atoms with Gasteiger partial charge in [-0.3, -0.25) is 9.69 Å². The fraction of sp³-hybridized carbons (Fsp3) is 0.360. The second-order valence-corrected chi connectivity index (χ2v) is 8.39. The molecule has 1 N–H and O–H groups in total. The Labute approximate surface area is 182 Å². The summed E-state index contributed by atoms with van der Waals surface area (Å²) in [5.41, 5.74) is 3.87. The molecule has 6 heteroatoms. The van der Waals surface area contributed by atoms with Crippen LogP contribution < -0.4 is 5.32 Å². The van der Waals surface area contributed by atoms with E-state index < -0.39 is 5.82 Å². The number of nitrogens with one attached hydrogen (secondary N) is 1. The number of halogens is 1. The first kappa shape index (κ1) is 21.2. The third-order valence-electron chi connectivity index (χ3n) is 5.91. The highest BCUT2D eigenvalue weighted by atomic mass is 19.1. The maximum atomic E-state index is 13.7. The van der Waals surface area contributed by atoms with Gasteiger partial charge in [-0.15, -0.1) is 0 Å². The Bertz CT molecular complexity index is 1020. The average Bonchev–Trinajstić information content (AvgIpc) is 3.29. The van der Waals surface area contributed by atoms with Gasteiger partial charge in [0.15, 0.2) is 0 Å². The third-order valence-corrected chi connectivity index (χ3v) is 5.91. The van der Waals surface area contributed by atoms with E-state index in [1.165, 1.54) is 17.2 Å². The molecule has 2 heterocycles. The number of hydrogen-bond acceptors (Lipinski definition) is 3. The second-order valence-electron chi connectivity index (χ2n) is 8.39. The van der Waals surface area contributed by atoms with E-state index in [0.717, 1.165) is 44.6 Å². The minimum Gasteiger partial charge on any atom is -0.324 e. The molecular formula is C25H29FN4O. The monoisotopic (exact) mass is 420 g/mol. The predicted octanol–water partition coefficient (Wildman–Crippen LogP) is 4.95. The minimum atomic E-state index is -0.397. The van der Waals surface area contributed by atoms with Gasteiger partial charge in [-0.2, -0.15) is 5.10 Å². The number of likely N-dealkylation sites (tertiary alicyclic amines) is 1. The van der Waals surface area contributed by atoms with Crippen molar-refractivity contribution in [3.05, 3.63) is 77.9 Å². The topological polar surface area (TPSA) is 50.2 Å². The molecule has 3 aromatic rings. The third kappa shape index (κ3) is 5.58. The lowest BCUT2D eigenvalue weighted by Gasteiger charge is -2.33. The maximum absolute atomic E-state index is 13.7. The van der Waals surface area contributed by atoms with Gasteiger partial charge in [0.05, 0.1) is 11.4 Å². The number of hydrogen-bond donors (Lipinski definition) is 1. The number of rotatable bonds is 7. The van der Waals surface area contributed by atoms with Crippen LogP contribution in [0.2, 0.25) is 0 Å². The number of aryl methyl sites for hydroxylation is 1. The van der Waals surface area contributed by atoms with E-state index in [1.807, 2.05) is 16.9 Å². The van der Waals surface area contributed by atoms with E-state index in [1.54, 1.807) is 24.4 Å². The van der Waals surface area contributed by atoms with E-state index >= 15 is 0 Å². The van der Waals surface area contributed by atoms with Gasteiger partial charge in [0.25, 0.3) is 0 Å². The number of carbonyl (C=O) groups is 1. The molecule has 2 aromatic carbocycles. The van der Waals surface area contributed by atoms with E-state index in [0.29, 0.717) is 12.3 Å². The van der Waals surface area contributed by atoms with E-state index in [2.05, 4.69) is 40.4 Å². The van der Waals surface area contributed by atoms with Gasteiger partial charge < -0.3 is 5.32 Å². The van der Waals surface area contributed by atoms with Crippen LogP contribution in [0.3, 0.4) is 0 Å². The molecule has 1 amide bonds. The number of para-hydroxylation sites is 1. The highest BCUT2D eigenvalue weighted by Gasteiger charge is 2.22. The van der Waals surface area contributed by atoms with Crippen LogP contribution in [0.5, 0.6) is 0 Å². The van der Waals surface area contributed by atoms with Crippen LogP contribution in [0.4, 0.5) is 10.1 Å². The lowest BCUT2D eigenvalue weighted by Crippen LogP contribution is -2.35. The molecule has 1 unspecified atom stereocenters. The summed E-state index contributed by atoms with van der Waals surface area (Å²) in [5, 5.41) is 7.09. The van der Waals surface area contributed by atoms with Crippen LogP contribution in [-0.2, 0) is 11.3 Å². The standard InChI is InChI=1S/C25H29FN4O/c1-19-9-11-24(30-15-5-13-27-30)21(16-19)18-29-14-4-6-20(17-29)10-12-25(31)28-23-8-3-2-7-22(23)26/h2-3,5,7-9,11,13,15-16,20H,4,6,10,12,14,17-18H2,1H3,(H,28,31). The van der Waals surface area contributed by atoms with Crippen molar-refractivity contribution in [2.45, 2.75) is 39.2 Å². The largest absolute Gasteiger partial charge is 0.324 e. The molecule has 5 nitrogen and oxygen atoms in total. The summed E-state index contributed by atoms with van der Waals surface area (Å²) < 4.78 is 15.7. The number of amides is 1. The molecule has 0 spiro atoms. The van der Waals surface area contributed by atoms with Crippen molar-refractivity contribution >= 4 is 11.6 Å². The number of carbonyl (C=O) groups excluding carboxylic acids is 1. The number of nitrogens with zero attached hydrogens (tertiary/aromatic N) is 3. The Morgan fingerprint density at radius 2 is 2.10 bits per heavy atom. The number of benzene rings is 2. The maximum Gasteiger partial charge on any atom is 0.224 e. The lowest BCUT2D eigenvalue weighted by atomic mass is 9.92. The number of aromatic nitrogens is 2. The van der Waals surface area contributed by atoms with Crippen molar-refractivity contribution in [3.8, 4) is 5.69 Å². The van der Waals surface area contributed by atoms with Crippen LogP contribution in [-0.4, -0.2) is 33.7 Å². The summed E-state index contributed by atoms with van der Waals surface area (Å²) in [6.07, 6.45) is 7.26. The molecule has 1 aliphatic rings. The zero-order chi connectivity index (χ0) is 21.6. The Morgan fingerprint density at radius 1 is 1.23 bits per heavy atom. The van der Waals surface area contributed by atoms with Gasteiger partial charge in [-0.1, -0.05) is 29.8 Å². The van der Waals surface area contributed by atoms with Gasteiger partial charge in [0.2, 0.25) is 5.91 Å². The molecule has 0 aliphatic carbocycles. The van der Waals surface area contributed by atoms with Crippen molar-refractivity contribution in [1.29, 1.82) is 0 Å². The molecule has 31 heavy (non-hydrogen) atoms. The molecule has 0 radical (unpaired) electrons. The van der Waals surface area contributed by atoms with Gasteiger partial charge >= 0.3 is 0 Å². The molecule has 1 aliphatic heterocycles. The Balaban J connectivity index is 1.34.